The number of hydrogen-bond donors (Lipinski definition) is 5. The predicted octanol–water partition coefficient (Wildman–Crippen LogP) is 1.40. The van der Waals surface area contributed by atoms with Gasteiger partial charge in [-0.3, -0.25) is 5.84 Å². The fraction of sp³-hybridized carbons (Fsp3) is 0.250. The summed E-state index contributed by atoms with van der Waals surface area (Å²) in [7, 11) is 3.92. The van der Waals surface area contributed by atoms with Gasteiger partial charge in [-0.25, -0.2) is 5.01 Å². The van der Waals surface area contributed by atoms with Crippen LogP contribution in [0.1, 0.15) is 24.1 Å². The molecule has 0 bridgehead atoms. The van der Waals surface area contributed by atoms with Crippen molar-refractivity contribution in [3.63, 3.8) is 0 Å². The Bertz CT molecular complexity index is 617. The van der Waals surface area contributed by atoms with E-state index >= 15 is 0 Å². The molecule has 0 saturated heterocycles. The molecular formula is C16H24N6. The van der Waals surface area contributed by atoms with Gasteiger partial charge in [0.15, 0.2) is 0 Å². The first-order valence-electron chi connectivity index (χ1n) is 7.18. The van der Waals surface area contributed by atoms with E-state index in [1.807, 2.05) is 39.4 Å². The zero-order chi connectivity index (χ0) is 16.1. The number of allylic oxidation sites excluding steroid dienone is 1. The molecule has 118 valence electrons. The van der Waals surface area contributed by atoms with E-state index in [1.54, 1.807) is 6.20 Å². The minimum absolute atomic E-state index is 0.128. The number of nitrogens with one attached hydrogen (secondary N) is 3. The second-order valence-corrected chi connectivity index (χ2v) is 5.10. The monoisotopic (exact) mass is 300 g/mol. The van der Waals surface area contributed by atoms with Crippen LogP contribution in [0.3, 0.4) is 0 Å². The third-order valence-corrected chi connectivity index (χ3v) is 3.69. The van der Waals surface area contributed by atoms with Gasteiger partial charge in [-0.1, -0.05) is 12.1 Å². The molecule has 1 aromatic rings. The van der Waals surface area contributed by atoms with Crippen LogP contribution in [0, 0.1) is 0 Å². The highest BCUT2D eigenvalue weighted by molar-refractivity contribution is 5.69. The van der Waals surface area contributed by atoms with E-state index in [4.69, 9.17) is 11.6 Å². The molecule has 1 heterocycles. The van der Waals surface area contributed by atoms with Crippen LogP contribution in [-0.2, 0) is 0 Å². The predicted molar refractivity (Wildman–Crippen MR) is 92.0 cm³/mol. The molecule has 6 nitrogen and oxygen atoms in total. The Kier molecular flexibility index (Phi) is 5.08. The van der Waals surface area contributed by atoms with Gasteiger partial charge in [-0.15, -0.1) is 0 Å². The molecule has 0 saturated carbocycles. The number of anilines is 1. The lowest BCUT2D eigenvalue weighted by atomic mass is 9.96. The zero-order valence-electron chi connectivity index (χ0n) is 13.2. The molecule has 0 radical (unpaired) electrons. The summed E-state index contributed by atoms with van der Waals surface area (Å²) in [6.45, 7) is 2.04. The van der Waals surface area contributed by atoms with Crippen LogP contribution in [0.5, 0.6) is 0 Å². The van der Waals surface area contributed by atoms with E-state index in [9.17, 15) is 0 Å². The van der Waals surface area contributed by atoms with Crippen molar-refractivity contribution in [1.82, 2.24) is 15.8 Å². The maximum absolute atomic E-state index is 6.01. The molecule has 7 N–H and O–H groups in total. The highest BCUT2D eigenvalue weighted by atomic mass is 15.5. The van der Waals surface area contributed by atoms with Crippen molar-refractivity contribution in [2.75, 3.05) is 19.5 Å². The second kappa shape index (κ2) is 7.02. The quantitative estimate of drug-likeness (QED) is 0.321. The Hall–Kier alpha value is -2.44. The van der Waals surface area contributed by atoms with Gasteiger partial charge in [-0.05, 0) is 42.5 Å². The zero-order valence-corrected chi connectivity index (χ0v) is 13.2. The van der Waals surface area contributed by atoms with E-state index in [0.29, 0.717) is 5.70 Å². The molecule has 2 rings (SSSR count). The van der Waals surface area contributed by atoms with Crippen LogP contribution >= 0.6 is 0 Å². The topological polar surface area (TPSA) is 91.4 Å². The van der Waals surface area contributed by atoms with Gasteiger partial charge >= 0.3 is 0 Å². The first-order valence-corrected chi connectivity index (χ1v) is 7.18. The fourth-order valence-electron chi connectivity index (χ4n) is 2.63. The largest absolute Gasteiger partial charge is 0.397 e. The Morgan fingerprint density at radius 2 is 2.18 bits per heavy atom. The molecule has 0 aromatic heterocycles. The first kappa shape index (κ1) is 15.9. The van der Waals surface area contributed by atoms with Gasteiger partial charge in [0.2, 0.25) is 0 Å². The highest BCUT2D eigenvalue weighted by Gasteiger charge is 2.29. The van der Waals surface area contributed by atoms with Gasteiger partial charge in [0.25, 0.3) is 0 Å². The average molecular weight is 300 g/mol. The summed E-state index contributed by atoms with van der Waals surface area (Å²) in [6.07, 6.45) is 7.70. The summed E-state index contributed by atoms with van der Waals surface area (Å²) in [4.78, 5) is 0. The third kappa shape index (κ3) is 3.08. The maximum atomic E-state index is 6.01. The standard InChI is InChI=1S/C16H24N6/c1-4-11(7-8-19-2)16-13-9-12(14(17)10-20-18)5-6-15(13)21-22(16)3/h4-10,16,19-21H,17-18H2,1-3H3/b8-7-,11-4+,14-10-. The summed E-state index contributed by atoms with van der Waals surface area (Å²) < 4.78 is 0. The van der Waals surface area contributed by atoms with Gasteiger partial charge in [0.05, 0.1) is 17.4 Å². The molecule has 0 fully saturated rings. The van der Waals surface area contributed by atoms with Crippen LogP contribution in [-0.4, -0.2) is 19.1 Å². The van der Waals surface area contributed by atoms with Gasteiger partial charge in [0.1, 0.15) is 0 Å². The van der Waals surface area contributed by atoms with E-state index < -0.39 is 0 Å². The smallest absolute Gasteiger partial charge is 0.0805 e. The number of likely N-dealkylation sites (N-methyl/N-ethyl adjacent to an activating group) is 1. The Labute approximate surface area is 131 Å². The fourth-order valence-corrected chi connectivity index (χ4v) is 2.63. The normalized spacial score (nSPS) is 19.2. The van der Waals surface area contributed by atoms with E-state index in [1.165, 1.54) is 11.1 Å². The molecule has 1 aromatic carbocycles. The number of fused-ring (bicyclic) bond motifs is 1. The lowest BCUT2D eigenvalue weighted by molar-refractivity contribution is 0.362. The summed E-state index contributed by atoms with van der Waals surface area (Å²) in [6, 6.07) is 6.23. The number of hydrazine groups is 2. The summed E-state index contributed by atoms with van der Waals surface area (Å²) in [5.41, 5.74) is 16.9. The minimum atomic E-state index is 0.128. The molecular weight excluding hydrogens is 276 g/mol. The van der Waals surface area contributed by atoms with Crippen molar-refractivity contribution in [2.45, 2.75) is 13.0 Å². The first-order chi connectivity index (χ1) is 10.6. The molecule has 6 heteroatoms. The number of hydrogen-bond acceptors (Lipinski definition) is 6. The Balaban J connectivity index is 2.43. The Morgan fingerprint density at radius 1 is 1.41 bits per heavy atom. The molecule has 22 heavy (non-hydrogen) atoms. The molecule has 1 aliphatic rings. The highest BCUT2D eigenvalue weighted by Crippen LogP contribution is 2.40. The Morgan fingerprint density at radius 3 is 2.82 bits per heavy atom. The molecule has 0 aliphatic carbocycles. The van der Waals surface area contributed by atoms with Crippen molar-refractivity contribution in [3.8, 4) is 0 Å². The van der Waals surface area contributed by atoms with Crippen LogP contribution < -0.4 is 27.7 Å². The molecule has 0 spiro atoms. The number of rotatable bonds is 5. The van der Waals surface area contributed by atoms with Crippen molar-refractivity contribution < 1.29 is 0 Å². The third-order valence-electron chi connectivity index (χ3n) is 3.69. The van der Waals surface area contributed by atoms with E-state index in [2.05, 4.69) is 39.4 Å². The minimum Gasteiger partial charge on any atom is -0.397 e. The SMILES string of the molecule is C/C=C(\C=C/NC)C1c2cc(/C(N)=C/NN)ccc2NN1C. The summed E-state index contributed by atoms with van der Waals surface area (Å²) in [5, 5.41) is 5.12. The van der Waals surface area contributed by atoms with Gasteiger partial charge in [0, 0.05) is 25.9 Å². The molecule has 1 unspecified atom stereocenters. The average Bonchev–Trinajstić information content (AvgIpc) is 2.84. The number of benzene rings is 1. The van der Waals surface area contributed by atoms with Crippen molar-refractivity contribution in [2.24, 2.45) is 11.6 Å². The van der Waals surface area contributed by atoms with Crippen LogP contribution in [0.15, 0.2) is 48.3 Å². The van der Waals surface area contributed by atoms with Crippen LogP contribution in [0.2, 0.25) is 0 Å². The number of nitrogens with zero attached hydrogens (tertiary/aromatic N) is 1. The van der Waals surface area contributed by atoms with Crippen molar-refractivity contribution in [1.29, 1.82) is 0 Å². The second-order valence-electron chi connectivity index (χ2n) is 5.10. The lowest BCUT2D eigenvalue weighted by Crippen LogP contribution is -2.24. The van der Waals surface area contributed by atoms with Crippen molar-refractivity contribution >= 4 is 11.4 Å². The van der Waals surface area contributed by atoms with Gasteiger partial charge < -0.3 is 21.9 Å². The number of nitrogens with two attached hydrogens (primary N) is 2. The summed E-state index contributed by atoms with van der Waals surface area (Å²) >= 11 is 0. The lowest BCUT2D eigenvalue weighted by Gasteiger charge is -2.21. The van der Waals surface area contributed by atoms with E-state index in [-0.39, 0.29) is 6.04 Å². The molecule has 0 amide bonds. The van der Waals surface area contributed by atoms with E-state index in [0.717, 1.165) is 11.3 Å². The molecule has 1 atom stereocenters. The van der Waals surface area contributed by atoms with Crippen LogP contribution in [0.4, 0.5) is 5.69 Å². The summed E-state index contributed by atoms with van der Waals surface area (Å²) in [5.74, 6) is 5.30. The maximum Gasteiger partial charge on any atom is 0.0805 e. The molecule has 1 aliphatic heterocycles. The van der Waals surface area contributed by atoms with Crippen LogP contribution in [0.25, 0.3) is 5.70 Å². The van der Waals surface area contributed by atoms with Crippen molar-refractivity contribution in [3.05, 3.63) is 59.5 Å². The van der Waals surface area contributed by atoms with Gasteiger partial charge in [-0.2, -0.15) is 0 Å².